The number of pyridine rings is 1. The smallest absolute Gasteiger partial charge is 0.276 e. The SMILES string of the molecule is O=C(Nc1cc(C#CCCO)ccn1)c1c[nH]c(=O)cn1. The fourth-order valence-electron chi connectivity index (χ4n) is 1.44. The lowest BCUT2D eigenvalue weighted by molar-refractivity contribution is 0.102. The Balaban J connectivity index is 2.11. The molecule has 0 atom stereocenters. The fraction of sp³-hybridized carbons (Fsp3) is 0.143. The summed E-state index contributed by atoms with van der Waals surface area (Å²) in [6, 6.07) is 3.30. The minimum absolute atomic E-state index is 0.000441. The zero-order chi connectivity index (χ0) is 15.1. The number of carbonyl (C=O) groups is 1. The quantitative estimate of drug-likeness (QED) is 0.695. The fourth-order valence-corrected chi connectivity index (χ4v) is 1.44. The summed E-state index contributed by atoms with van der Waals surface area (Å²) < 4.78 is 0. The van der Waals surface area contributed by atoms with Gasteiger partial charge in [-0.3, -0.25) is 9.59 Å². The predicted molar refractivity (Wildman–Crippen MR) is 75.6 cm³/mol. The molecule has 0 spiro atoms. The monoisotopic (exact) mass is 284 g/mol. The average Bonchev–Trinajstić information content (AvgIpc) is 2.48. The van der Waals surface area contributed by atoms with Gasteiger partial charge in [-0.25, -0.2) is 9.97 Å². The summed E-state index contributed by atoms with van der Waals surface area (Å²) in [5.74, 6) is 5.46. The Morgan fingerprint density at radius 3 is 3.00 bits per heavy atom. The Kier molecular flexibility index (Phi) is 4.79. The first kappa shape index (κ1) is 14.4. The number of hydrogen-bond acceptors (Lipinski definition) is 5. The number of nitrogens with one attached hydrogen (secondary N) is 2. The van der Waals surface area contributed by atoms with E-state index in [1.54, 1.807) is 12.1 Å². The van der Waals surface area contributed by atoms with Gasteiger partial charge >= 0.3 is 0 Å². The summed E-state index contributed by atoms with van der Waals surface area (Å²) in [7, 11) is 0. The Hall–Kier alpha value is -2.98. The van der Waals surface area contributed by atoms with Gasteiger partial charge in [0.05, 0.1) is 12.8 Å². The van der Waals surface area contributed by atoms with Crippen LogP contribution in [0.2, 0.25) is 0 Å². The van der Waals surface area contributed by atoms with Crippen molar-refractivity contribution in [3.8, 4) is 11.8 Å². The van der Waals surface area contributed by atoms with Gasteiger partial charge in [0, 0.05) is 24.4 Å². The van der Waals surface area contributed by atoms with Gasteiger partial charge in [-0.2, -0.15) is 0 Å². The van der Waals surface area contributed by atoms with E-state index in [9.17, 15) is 9.59 Å². The number of nitrogens with zero attached hydrogens (tertiary/aromatic N) is 2. The van der Waals surface area contributed by atoms with Gasteiger partial charge in [-0.1, -0.05) is 11.8 Å². The lowest BCUT2D eigenvalue weighted by Gasteiger charge is -2.03. The van der Waals surface area contributed by atoms with E-state index < -0.39 is 5.91 Å². The first-order valence-corrected chi connectivity index (χ1v) is 6.11. The van der Waals surface area contributed by atoms with Crippen LogP contribution < -0.4 is 10.9 Å². The highest BCUT2D eigenvalue weighted by Gasteiger charge is 2.08. The van der Waals surface area contributed by atoms with Crippen molar-refractivity contribution in [2.45, 2.75) is 6.42 Å². The zero-order valence-corrected chi connectivity index (χ0v) is 11.0. The second-order valence-electron chi connectivity index (χ2n) is 3.96. The van der Waals surface area contributed by atoms with Crippen LogP contribution in [0.3, 0.4) is 0 Å². The third-order valence-electron chi connectivity index (χ3n) is 2.38. The molecule has 2 aromatic heterocycles. The van der Waals surface area contributed by atoms with Gasteiger partial charge in [-0.05, 0) is 12.1 Å². The third kappa shape index (κ3) is 4.26. The van der Waals surface area contributed by atoms with E-state index in [-0.39, 0.29) is 17.9 Å². The molecular formula is C14H12N4O3. The molecule has 0 aromatic carbocycles. The molecule has 0 fully saturated rings. The minimum atomic E-state index is -0.487. The van der Waals surface area contributed by atoms with Crippen molar-refractivity contribution in [2.24, 2.45) is 0 Å². The van der Waals surface area contributed by atoms with Crippen LogP contribution in [0.15, 0.2) is 35.5 Å². The molecule has 0 saturated carbocycles. The van der Waals surface area contributed by atoms with Crippen molar-refractivity contribution < 1.29 is 9.90 Å². The van der Waals surface area contributed by atoms with Crippen LogP contribution in [0.4, 0.5) is 5.82 Å². The van der Waals surface area contributed by atoms with E-state index >= 15 is 0 Å². The number of H-pyrrole nitrogens is 1. The summed E-state index contributed by atoms with van der Waals surface area (Å²) in [6.07, 6.45) is 4.14. The molecule has 21 heavy (non-hydrogen) atoms. The predicted octanol–water partition coefficient (Wildman–Crippen LogP) is 0.151. The molecule has 1 amide bonds. The van der Waals surface area contributed by atoms with Gasteiger partial charge in [0.2, 0.25) is 0 Å². The molecule has 2 rings (SSSR count). The molecule has 2 aromatic rings. The molecule has 106 valence electrons. The lowest BCUT2D eigenvalue weighted by atomic mass is 10.2. The molecular weight excluding hydrogens is 272 g/mol. The summed E-state index contributed by atoms with van der Waals surface area (Å²) in [5.41, 5.74) is 0.363. The highest BCUT2D eigenvalue weighted by molar-refractivity contribution is 6.02. The van der Waals surface area contributed by atoms with Gasteiger partial charge in [-0.15, -0.1) is 0 Å². The van der Waals surface area contributed by atoms with E-state index in [2.05, 4.69) is 32.1 Å². The number of aliphatic hydroxyl groups excluding tert-OH is 1. The molecule has 0 saturated heterocycles. The molecule has 0 aliphatic heterocycles. The van der Waals surface area contributed by atoms with Crippen LogP contribution in [0.1, 0.15) is 22.5 Å². The first-order valence-electron chi connectivity index (χ1n) is 6.11. The van der Waals surface area contributed by atoms with Crippen LogP contribution >= 0.6 is 0 Å². The average molecular weight is 284 g/mol. The van der Waals surface area contributed by atoms with Crippen molar-refractivity contribution in [2.75, 3.05) is 11.9 Å². The van der Waals surface area contributed by atoms with E-state index in [1.807, 2.05) is 0 Å². The number of anilines is 1. The van der Waals surface area contributed by atoms with Crippen molar-refractivity contribution >= 4 is 11.7 Å². The number of aliphatic hydroxyl groups is 1. The Morgan fingerprint density at radius 1 is 1.43 bits per heavy atom. The second-order valence-corrected chi connectivity index (χ2v) is 3.96. The Morgan fingerprint density at radius 2 is 2.29 bits per heavy atom. The van der Waals surface area contributed by atoms with Gasteiger partial charge in [0.25, 0.3) is 11.5 Å². The van der Waals surface area contributed by atoms with E-state index in [0.29, 0.717) is 17.8 Å². The Bertz CT molecular complexity index is 738. The van der Waals surface area contributed by atoms with Crippen LogP contribution in [0.5, 0.6) is 0 Å². The van der Waals surface area contributed by atoms with E-state index in [4.69, 9.17) is 5.11 Å². The number of amides is 1. The van der Waals surface area contributed by atoms with Gasteiger partial charge in [0.1, 0.15) is 11.5 Å². The molecule has 3 N–H and O–H groups in total. The van der Waals surface area contributed by atoms with Crippen LogP contribution in [0.25, 0.3) is 0 Å². The third-order valence-corrected chi connectivity index (χ3v) is 2.38. The summed E-state index contributed by atoms with van der Waals surface area (Å²) in [5, 5.41) is 11.2. The maximum Gasteiger partial charge on any atom is 0.276 e. The van der Waals surface area contributed by atoms with Crippen LogP contribution in [0, 0.1) is 11.8 Å². The maximum absolute atomic E-state index is 11.9. The zero-order valence-electron chi connectivity index (χ0n) is 11.0. The number of rotatable bonds is 3. The second kappa shape index (κ2) is 6.98. The molecule has 0 bridgehead atoms. The van der Waals surface area contributed by atoms with Crippen molar-refractivity contribution in [3.63, 3.8) is 0 Å². The highest BCUT2D eigenvalue weighted by atomic mass is 16.2. The molecule has 0 aliphatic carbocycles. The standard InChI is InChI=1S/C14H12N4O3/c19-6-2-1-3-10-4-5-15-12(7-10)18-14(21)11-8-17-13(20)9-16-11/h4-5,7-9,19H,2,6H2,(H,17,20)(H,15,18,21). The molecule has 2 heterocycles. The van der Waals surface area contributed by atoms with Crippen LogP contribution in [-0.4, -0.2) is 32.6 Å². The number of aromatic nitrogens is 3. The normalized spacial score (nSPS) is 9.57. The molecule has 0 radical (unpaired) electrons. The number of aromatic amines is 1. The van der Waals surface area contributed by atoms with Crippen molar-refractivity contribution in [1.82, 2.24) is 15.0 Å². The molecule has 7 heteroatoms. The largest absolute Gasteiger partial charge is 0.395 e. The first-order chi connectivity index (χ1) is 10.2. The summed E-state index contributed by atoms with van der Waals surface area (Å²) in [6.45, 7) is -0.000441. The van der Waals surface area contributed by atoms with Crippen molar-refractivity contribution in [3.05, 3.63) is 52.3 Å². The lowest BCUT2D eigenvalue weighted by Crippen LogP contribution is -2.17. The van der Waals surface area contributed by atoms with Gasteiger partial charge in [0.15, 0.2) is 0 Å². The topological polar surface area (TPSA) is 108 Å². The van der Waals surface area contributed by atoms with E-state index in [0.717, 1.165) is 6.20 Å². The summed E-state index contributed by atoms with van der Waals surface area (Å²) in [4.78, 5) is 32.9. The van der Waals surface area contributed by atoms with E-state index in [1.165, 1.54) is 12.4 Å². The number of hydrogen-bond donors (Lipinski definition) is 3. The van der Waals surface area contributed by atoms with Crippen molar-refractivity contribution in [1.29, 1.82) is 0 Å². The maximum atomic E-state index is 11.9. The molecule has 0 unspecified atom stereocenters. The number of carbonyl (C=O) groups excluding carboxylic acids is 1. The van der Waals surface area contributed by atoms with Crippen LogP contribution in [-0.2, 0) is 0 Å². The summed E-state index contributed by atoms with van der Waals surface area (Å²) >= 11 is 0. The Labute approximate surface area is 120 Å². The minimum Gasteiger partial charge on any atom is -0.395 e. The molecule has 0 aliphatic rings. The molecule has 7 nitrogen and oxygen atoms in total. The highest BCUT2D eigenvalue weighted by Crippen LogP contribution is 2.07. The van der Waals surface area contributed by atoms with Gasteiger partial charge < -0.3 is 15.4 Å².